The van der Waals surface area contributed by atoms with Gasteiger partial charge in [0.05, 0.1) is 11.9 Å². The zero-order valence-electron chi connectivity index (χ0n) is 5.95. The molecule has 0 saturated carbocycles. The first kappa shape index (κ1) is 22.4. The van der Waals surface area contributed by atoms with E-state index in [1.807, 2.05) is 0 Å². The zero-order chi connectivity index (χ0) is 9.15. The van der Waals surface area contributed by atoms with Crippen LogP contribution in [0.5, 0.6) is 0 Å². The summed E-state index contributed by atoms with van der Waals surface area (Å²) < 4.78 is 0. The van der Waals surface area contributed by atoms with Crippen molar-refractivity contribution in [1.29, 1.82) is 0 Å². The van der Waals surface area contributed by atoms with Crippen molar-refractivity contribution in [3.8, 4) is 0 Å². The second-order valence-electron chi connectivity index (χ2n) is 0.575. The predicted molar refractivity (Wildman–Crippen MR) is 30.5 cm³/mol. The minimum atomic E-state index is -2.19. The average Bonchev–Trinajstić information content (AvgIpc) is 1.96. The molecule has 0 rings (SSSR count). The molecule has 0 aromatic carbocycles. The van der Waals surface area contributed by atoms with E-state index in [4.69, 9.17) is 31.3 Å². The molecule has 0 aromatic heterocycles. The molecule has 0 aliphatic heterocycles. The number of carboxylic acid groups (broad SMARTS) is 2. The molecule has 0 amide bonds. The van der Waals surface area contributed by atoms with Crippen LogP contribution < -0.4 is 10.2 Å². The first-order chi connectivity index (χ1) is 4.64. The Balaban J connectivity index is -0.0000000428. The van der Waals surface area contributed by atoms with Gasteiger partial charge in [-0.1, -0.05) is 0 Å². The molecule has 0 spiro atoms. The van der Waals surface area contributed by atoms with E-state index in [9.17, 15) is 0 Å². The Bertz CT molecular complexity index is 86.1. The summed E-state index contributed by atoms with van der Waals surface area (Å²) in [5, 5.41) is 17.9. The predicted octanol–water partition coefficient (Wildman–Crippen LogP) is -2.18. The van der Waals surface area contributed by atoms with Crippen molar-refractivity contribution in [1.82, 2.24) is 0 Å². The molecule has 0 atom stereocenters. The Kier molecular flexibility index (Phi) is 46.2. The third kappa shape index (κ3) is 43.2. The summed E-state index contributed by atoms with van der Waals surface area (Å²) in [7, 11) is 2.50. The van der Waals surface area contributed by atoms with Crippen LogP contribution in [0.1, 0.15) is 0 Å². The summed E-state index contributed by atoms with van der Waals surface area (Å²) in [6.45, 7) is 0. The molecule has 0 heterocycles. The molecule has 0 aromatic rings. The zero-order valence-corrected chi connectivity index (χ0v) is 8.22. The monoisotopic (exact) mass is 343 g/mol. The quantitative estimate of drug-likeness (QED) is 0.463. The van der Waals surface area contributed by atoms with Crippen molar-refractivity contribution in [2.45, 2.75) is 0 Å². The van der Waals surface area contributed by atoms with E-state index in [-0.39, 0.29) is 21.1 Å². The number of rotatable bonds is 0. The van der Waals surface area contributed by atoms with Gasteiger partial charge in [-0.25, -0.2) is 0 Å². The Hall–Kier alpha value is -0.452. The first-order valence-corrected chi connectivity index (χ1v) is 2.07. The van der Waals surface area contributed by atoms with Gasteiger partial charge in [0, 0.05) is 0 Å². The molecule has 0 aliphatic rings. The van der Waals surface area contributed by atoms with E-state index in [1.165, 1.54) is 14.1 Å². The molecule has 6 nitrogen and oxygen atoms in total. The Morgan fingerprint density at radius 2 is 1.00 bits per heavy atom. The molecule has 0 bridgehead atoms. The number of hydrogen-bond donors (Lipinski definition) is 0. The van der Waals surface area contributed by atoms with Gasteiger partial charge in [0.15, 0.2) is 0 Å². The van der Waals surface area contributed by atoms with E-state index >= 15 is 0 Å². The molecule has 68 valence electrons. The minimum absolute atomic E-state index is 0. The van der Waals surface area contributed by atoms with Crippen molar-refractivity contribution in [2.24, 2.45) is 0 Å². The van der Waals surface area contributed by atoms with E-state index < -0.39 is 11.9 Å². The fraction of sp³-hybridized carbons (Fsp3) is 0.500. The molecule has 0 radical (unpaired) electrons. The van der Waals surface area contributed by atoms with Crippen LogP contribution in [0.25, 0.3) is 11.5 Å². The molecule has 0 fully saturated rings. The van der Waals surface area contributed by atoms with Crippen LogP contribution in [-0.4, -0.2) is 26.0 Å². The number of nitrogens with one attached hydrogen (secondary N) is 2. The number of carbonyl (C=O) groups is 2. The minimum Gasteiger partial charge on any atom is -0.680 e. The molecule has 11 heavy (non-hydrogen) atoms. The second kappa shape index (κ2) is 22.7. The van der Waals surface area contributed by atoms with Crippen LogP contribution in [0, 0.1) is 0 Å². The summed E-state index contributed by atoms with van der Waals surface area (Å²) in [4.78, 5) is 17.9. The van der Waals surface area contributed by atoms with Gasteiger partial charge in [0.25, 0.3) is 0 Å². The fourth-order valence-electron chi connectivity index (χ4n) is 0. The van der Waals surface area contributed by atoms with Crippen LogP contribution in [0.2, 0.25) is 0 Å². The van der Waals surface area contributed by atoms with Gasteiger partial charge in [-0.15, -0.1) is 0 Å². The summed E-state index contributed by atoms with van der Waals surface area (Å²) in [5.41, 5.74) is 11.5. The summed E-state index contributed by atoms with van der Waals surface area (Å²) in [5.74, 6) is -4.37. The maximum absolute atomic E-state index is 8.93. The molecule has 0 unspecified atom stereocenters. The molecule has 7 heteroatoms. The fourth-order valence-corrected chi connectivity index (χ4v) is 0. The Morgan fingerprint density at radius 1 is 0.909 bits per heavy atom. The Morgan fingerprint density at radius 3 is 1.00 bits per heavy atom. The van der Waals surface area contributed by atoms with Gasteiger partial charge in [0.2, 0.25) is 0 Å². The van der Waals surface area contributed by atoms with Crippen molar-refractivity contribution < 1.29 is 40.9 Å². The van der Waals surface area contributed by atoms with Gasteiger partial charge in [-0.05, 0) is 0 Å². The summed E-state index contributed by atoms with van der Waals surface area (Å²) >= 11 is 0. The van der Waals surface area contributed by atoms with Gasteiger partial charge >= 0.3 is 21.1 Å². The largest absolute Gasteiger partial charge is 4.00 e. The first-order valence-electron chi connectivity index (χ1n) is 2.07. The third-order valence-corrected chi connectivity index (χ3v) is 0.167. The number of hydrogen-bond acceptors (Lipinski definition) is 4. The molecular formula is C4H8N2O4Pt. The van der Waals surface area contributed by atoms with Crippen LogP contribution >= 0.6 is 0 Å². The number of aliphatic carboxylic acids is 2. The topological polar surface area (TPSA) is 128 Å². The molecule has 2 N–H and O–H groups in total. The standard InChI is InChI=1S/C2H2O4.2CH4N.Pt/c3-1(4)2(5)6;2*1-2;/h(H,3,4)(H,5,6);2*2H,1H3;/q;2*-1;+4/p-2. The summed E-state index contributed by atoms with van der Waals surface area (Å²) in [6.07, 6.45) is 0. The van der Waals surface area contributed by atoms with E-state index in [2.05, 4.69) is 0 Å². The maximum atomic E-state index is 8.93. The van der Waals surface area contributed by atoms with E-state index in [1.54, 1.807) is 0 Å². The maximum Gasteiger partial charge on any atom is 4.00 e. The number of carboxylic acids is 2. The van der Waals surface area contributed by atoms with Crippen molar-refractivity contribution in [3.05, 3.63) is 11.5 Å². The van der Waals surface area contributed by atoms with Crippen LogP contribution in [-0.2, 0) is 30.7 Å². The van der Waals surface area contributed by atoms with E-state index in [0.29, 0.717) is 0 Å². The van der Waals surface area contributed by atoms with E-state index in [0.717, 1.165) is 0 Å². The normalized spacial score (nSPS) is 5.09. The third-order valence-electron chi connectivity index (χ3n) is 0.167. The molecular weight excluding hydrogens is 335 g/mol. The summed E-state index contributed by atoms with van der Waals surface area (Å²) in [6, 6.07) is 0. The van der Waals surface area contributed by atoms with Crippen molar-refractivity contribution in [3.63, 3.8) is 0 Å². The van der Waals surface area contributed by atoms with Crippen LogP contribution in [0.4, 0.5) is 0 Å². The second-order valence-corrected chi connectivity index (χ2v) is 0.575. The van der Waals surface area contributed by atoms with Crippen LogP contribution in [0.3, 0.4) is 0 Å². The van der Waals surface area contributed by atoms with Gasteiger partial charge in [-0.2, -0.15) is 14.1 Å². The average molecular weight is 343 g/mol. The number of carbonyl (C=O) groups excluding carboxylic acids is 2. The van der Waals surface area contributed by atoms with Gasteiger partial charge in [0.1, 0.15) is 0 Å². The van der Waals surface area contributed by atoms with Crippen molar-refractivity contribution >= 4 is 11.9 Å². The van der Waals surface area contributed by atoms with Gasteiger partial charge < -0.3 is 31.3 Å². The van der Waals surface area contributed by atoms with Crippen LogP contribution in [0.15, 0.2) is 0 Å². The SMILES string of the molecule is C[NH-].C[NH-].O=C([O-])C(=O)[O-].[Pt+4]. The smallest absolute Gasteiger partial charge is 0.680 e. The molecule has 0 aliphatic carbocycles. The molecule has 0 saturated heterocycles. The Labute approximate surface area is 78.8 Å². The van der Waals surface area contributed by atoms with Gasteiger partial charge in [-0.3, -0.25) is 0 Å². The van der Waals surface area contributed by atoms with Crippen molar-refractivity contribution in [2.75, 3.05) is 14.1 Å².